The minimum atomic E-state index is -4.56. The van der Waals surface area contributed by atoms with Gasteiger partial charge in [-0.05, 0) is 31.9 Å². The van der Waals surface area contributed by atoms with Gasteiger partial charge in [0.05, 0.1) is 12.3 Å². The third kappa shape index (κ3) is 4.50. The molecule has 1 aromatic heterocycles. The van der Waals surface area contributed by atoms with Gasteiger partial charge in [-0.15, -0.1) is 0 Å². The van der Waals surface area contributed by atoms with Crippen LogP contribution in [0.15, 0.2) is 16.5 Å². The van der Waals surface area contributed by atoms with Crippen molar-refractivity contribution in [3.8, 4) is 0 Å². The molecule has 1 saturated heterocycles. The number of piperidine rings is 1. The Bertz CT molecular complexity index is 676. The van der Waals surface area contributed by atoms with Gasteiger partial charge >= 0.3 is 6.18 Å². The minimum Gasteiger partial charge on any atom is -0.455 e. The Hall–Kier alpha value is -1.55. The quantitative estimate of drug-likeness (QED) is 0.862. The van der Waals surface area contributed by atoms with Gasteiger partial charge in [0.25, 0.3) is 0 Å². The number of hydrogen-bond acceptors (Lipinski definition) is 4. The van der Waals surface area contributed by atoms with E-state index in [1.54, 1.807) is 6.92 Å². The van der Waals surface area contributed by atoms with Crippen molar-refractivity contribution in [2.24, 2.45) is 5.92 Å². The first-order chi connectivity index (χ1) is 11.1. The average Bonchev–Trinajstić information content (AvgIpc) is 3.02. The van der Waals surface area contributed by atoms with Crippen molar-refractivity contribution in [1.82, 2.24) is 9.62 Å². The molecule has 1 aliphatic rings. The van der Waals surface area contributed by atoms with Crippen LogP contribution in [0.2, 0.25) is 0 Å². The highest BCUT2D eigenvalue weighted by Crippen LogP contribution is 2.30. The Morgan fingerprint density at radius 2 is 1.96 bits per heavy atom. The van der Waals surface area contributed by atoms with Crippen molar-refractivity contribution in [2.45, 2.75) is 32.5 Å². The number of hydrogen-bond donors (Lipinski definition) is 1. The minimum absolute atomic E-state index is 0.0154. The fraction of sp³-hybridized carbons (Fsp3) is 0.643. The highest BCUT2D eigenvalue weighted by Gasteiger charge is 2.35. The van der Waals surface area contributed by atoms with E-state index in [1.165, 1.54) is 10.4 Å². The second-order valence-corrected chi connectivity index (χ2v) is 7.81. The lowest BCUT2D eigenvalue weighted by Gasteiger charge is -2.30. The zero-order valence-corrected chi connectivity index (χ0v) is 13.9. The van der Waals surface area contributed by atoms with Crippen molar-refractivity contribution in [3.63, 3.8) is 0 Å². The van der Waals surface area contributed by atoms with E-state index in [4.69, 9.17) is 0 Å². The number of halogens is 3. The molecule has 10 heteroatoms. The molecule has 0 bridgehead atoms. The highest BCUT2D eigenvalue weighted by molar-refractivity contribution is 7.89. The fourth-order valence-electron chi connectivity index (χ4n) is 2.52. The third-order valence-electron chi connectivity index (χ3n) is 3.96. The van der Waals surface area contributed by atoms with Crippen molar-refractivity contribution in [3.05, 3.63) is 23.7 Å². The smallest absolute Gasteiger partial charge is 0.449 e. The van der Waals surface area contributed by atoms with Crippen LogP contribution < -0.4 is 5.32 Å². The number of nitrogens with zero attached hydrogens (tertiary/aromatic N) is 1. The maximum atomic E-state index is 12.4. The van der Waals surface area contributed by atoms with Crippen molar-refractivity contribution < 1.29 is 30.8 Å². The van der Waals surface area contributed by atoms with E-state index >= 15 is 0 Å². The molecule has 6 nitrogen and oxygen atoms in total. The lowest BCUT2D eigenvalue weighted by molar-refractivity contribution is -0.153. The number of sulfonamides is 1. The summed E-state index contributed by atoms with van der Waals surface area (Å²) in [5.41, 5.74) is 0. The SMILES string of the molecule is CCS(=O)(=O)N1CCC(C(=O)NCc2ccc(C(F)(F)F)o2)CC1. The summed E-state index contributed by atoms with van der Waals surface area (Å²) in [6.45, 7) is 1.97. The second-order valence-electron chi connectivity index (χ2n) is 5.56. The number of carbonyl (C=O) groups is 1. The molecule has 24 heavy (non-hydrogen) atoms. The Balaban J connectivity index is 1.83. The van der Waals surface area contributed by atoms with E-state index in [0.717, 1.165) is 6.07 Å². The number of carbonyl (C=O) groups excluding carboxylic acids is 1. The molecule has 2 rings (SSSR count). The number of nitrogens with one attached hydrogen (secondary N) is 1. The van der Waals surface area contributed by atoms with Crippen LogP contribution >= 0.6 is 0 Å². The van der Waals surface area contributed by atoms with Crippen LogP contribution in [0.3, 0.4) is 0 Å². The summed E-state index contributed by atoms with van der Waals surface area (Å²) in [6, 6.07) is 1.98. The van der Waals surface area contributed by atoms with Crippen LogP contribution in [-0.2, 0) is 27.5 Å². The molecular weight excluding hydrogens is 349 g/mol. The standard InChI is InChI=1S/C14H19F3N2O4S/c1-2-24(21,22)19-7-5-10(6-8-19)13(20)18-9-11-3-4-12(23-11)14(15,16)17/h3-4,10H,2,5-9H2,1H3,(H,18,20). The van der Waals surface area contributed by atoms with Gasteiger partial charge in [0.1, 0.15) is 5.76 Å². The Kier molecular flexibility index (Phi) is 5.59. The molecule has 0 atom stereocenters. The van der Waals surface area contributed by atoms with E-state index in [0.29, 0.717) is 12.8 Å². The van der Waals surface area contributed by atoms with E-state index in [2.05, 4.69) is 9.73 Å². The molecule has 1 aromatic rings. The van der Waals surface area contributed by atoms with E-state index in [-0.39, 0.29) is 43.0 Å². The number of rotatable bonds is 5. The molecule has 136 valence electrons. The Morgan fingerprint density at radius 3 is 2.46 bits per heavy atom. The lowest BCUT2D eigenvalue weighted by Crippen LogP contribution is -2.43. The molecule has 0 radical (unpaired) electrons. The maximum Gasteiger partial charge on any atom is 0.449 e. The summed E-state index contributed by atoms with van der Waals surface area (Å²) in [6.07, 6.45) is -3.78. The lowest BCUT2D eigenvalue weighted by atomic mass is 9.97. The van der Waals surface area contributed by atoms with Gasteiger partial charge in [-0.2, -0.15) is 13.2 Å². The second kappa shape index (κ2) is 7.14. The van der Waals surface area contributed by atoms with E-state index < -0.39 is 22.0 Å². The van der Waals surface area contributed by atoms with Crippen LogP contribution in [0.4, 0.5) is 13.2 Å². The van der Waals surface area contributed by atoms with Crippen molar-refractivity contribution in [1.29, 1.82) is 0 Å². The van der Waals surface area contributed by atoms with Gasteiger partial charge in [0, 0.05) is 19.0 Å². The average molecular weight is 368 g/mol. The van der Waals surface area contributed by atoms with Crippen LogP contribution in [0.1, 0.15) is 31.3 Å². The number of alkyl halides is 3. The van der Waals surface area contributed by atoms with Crippen LogP contribution in [0, 0.1) is 5.92 Å². The molecule has 1 aliphatic heterocycles. The van der Waals surface area contributed by atoms with Gasteiger partial charge in [0.15, 0.2) is 0 Å². The molecule has 0 saturated carbocycles. The maximum absolute atomic E-state index is 12.4. The monoisotopic (exact) mass is 368 g/mol. The molecule has 1 N–H and O–H groups in total. The molecule has 1 fully saturated rings. The largest absolute Gasteiger partial charge is 0.455 e. The van der Waals surface area contributed by atoms with Crippen molar-refractivity contribution >= 4 is 15.9 Å². The summed E-state index contributed by atoms with van der Waals surface area (Å²) < 4.78 is 66.7. The molecule has 0 unspecified atom stereocenters. The molecule has 2 heterocycles. The number of amides is 1. The van der Waals surface area contributed by atoms with Gasteiger partial charge in [-0.3, -0.25) is 4.79 Å². The Morgan fingerprint density at radius 1 is 1.33 bits per heavy atom. The van der Waals surface area contributed by atoms with Gasteiger partial charge in [-0.25, -0.2) is 12.7 Å². The van der Waals surface area contributed by atoms with Crippen molar-refractivity contribution in [2.75, 3.05) is 18.8 Å². The molecular formula is C14H19F3N2O4S. The van der Waals surface area contributed by atoms with Gasteiger partial charge in [-0.1, -0.05) is 0 Å². The summed E-state index contributed by atoms with van der Waals surface area (Å²) in [7, 11) is -3.26. The first-order valence-electron chi connectivity index (χ1n) is 7.55. The summed E-state index contributed by atoms with van der Waals surface area (Å²) in [5.74, 6) is -1.74. The molecule has 0 aliphatic carbocycles. The van der Waals surface area contributed by atoms with Gasteiger partial charge < -0.3 is 9.73 Å². The molecule has 0 spiro atoms. The zero-order chi connectivity index (χ0) is 18.0. The van der Waals surface area contributed by atoms with E-state index in [9.17, 15) is 26.4 Å². The highest BCUT2D eigenvalue weighted by atomic mass is 32.2. The first kappa shape index (κ1) is 18.8. The molecule has 1 amide bonds. The molecule has 0 aromatic carbocycles. The first-order valence-corrected chi connectivity index (χ1v) is 9.16. The van der Waals surface area contributed by atoms with Gasteiger partial charge in [0.2, 0.25) is 21.7 Å². The normalized spacial score (nSPS) is 17.8. The zero-order valence-electron chi connectivity index (χ0n) is 13.1. The fourth-order valence-corrected chi connectivity index (χ4v) is 3.65. The predicted molar refractivity (Wildman–Crippen MR) is 79.3 cm³/mol. The topological polar surface area (TPSA) is 79.6 Å². The Labute approximate surface area is 138 Å². The summed E-state index contributed by atoms with van der Waals surface area (Å²) >= 11 is 0. The van der Waals surface area contributed by atoms with E-state index in [1.807, 2.05) is 0 Å². The summed E-state index contributed by atoms with van der Waals surface area (Å²) in [4.78, 5) is 12.1. The number of furan rings is 1. The van der Waals surface area contributed by atoms with Crippen LogP contribution in [0.25, 0.3) is 0 Å². The summed E-state index contributed by atoms with van der Waals surface area (Å²) in [5, 5.41) is 2.53. The van der Waals surface area contributed by atoms with Crippen LogP contribution in [-0.4, -0.2) is 37.5 Å². The predicted octanol–water partition coefficient (Wildman–Crippen LogP) is 1.98. The third-order valence-corrected chi connectivity index (χ3v) is 5.84. The van der Waals surface area contributed by atoms with Crippen LogP contribution in [0.5, 0.6) is 0 Å².